The second-order valence-electron chi connectivity index (χ2n) is 4.49. The van der Waals surface area contributed by atoms with E-state index in [9.17, 15) is 14.0 Å². The molecule has 1 amide bonds. The van der Waals surface area contributed by atoms with Crippen molar-refractivity contribution in [2.45, 2.75) is 6.92 Å². The van der Waals surface area contributed by atoms with Crippen molar-refractivity contribution in [1.29, 1.82) is 0 Å². The lowest BCUT2D eigenvalue weighted by Crippen LogP contribution is -2.15. The van der Waals surface area contributed by atoms with E-state index < -0.39 is 17.7 Å². The molecule has 108 valence electrons. The number of hydrogen-bond acceptors (Lipinski definition) is 3. The second-order valence-corrected chi connectivity index (χ2v) is 4.49. The number of rotatable bonds is 4. The Morgan fingerprint density at radius 1 is 1.24 bits per heavy atom. The maximum absolute atomic E-state index is 13.6. The van der Waals surface area contributed by atoms with Gasteiger partial charge in [0.25, 0.3) is 5.91 Å². The molecule has 0 aliphatic heterocycles. The molecule has 0 aliphatic rings. The van der Waals surface area contributed by atoms with E-state index in [-0.39, 0.29) is 16.8 Å². The Balaban J connectivity index is 2.39. The van der Waals surface area contributed by atoms with Crippen LogP contribution < -0.4 is 11.1 Å². The molecule has 0 atom stereocenters. The summed E-state index contributed by atoms with van der Waals surface area (Å²) >= 11 is 0. The summed E-state index contributed by atoms with van der Waals surface area (Å²) in [4.78, 5) is 22.3. The largest absolute Gasteiger partial charge is 0.478 e. The van der Waals surface area contributed by atoms with E-state index in [1.165, 1.54) is 24.3 Å². The maximum Gasteiger partial charge on any atom is 0.335 e. The zero-order valence-corrected chi connectivity index (χ0v) is 11.2. The van der Waals surface area contributed by atoms with Crippen molar-refractivity contribution >= 4 is 23.3 Å². The SMILES string of the molecule is Cc1cc(Nc2cccc(F)c2C(N)=O)ccc1C(=O)O. The number of benzene rings is 2. The van der Waals surface area contributed by atoms with Gasteiger partial charge in [-0.1, -0.05) is 6.07 Å². The number of carboxylic acids is 1. The van der Waals surface area contributed by atoms with Gasteiger partial charge in [-0.25, -0.2) is 9.18 Å². The Morgan fingerprint density at radius 3 is 2.52 bits per heavy atom. The third-order valence-corrected chi connectivity index (χ3v) is 3.00. The summed E-state index contributed by atoms with van der Waals surface area (Å²) in [5.41, 5.74) is 6.41. The molecule has 0 saturated carbocycles. The van der Waals surface area contributed by atoms with Gasteiger partial charge in [0.15, 0.2) is 0 Å². The van der Waals surface area contributed by atoms with Gasteiger partial charge in [-0.2, -0.15) is 0 Å². The average molecular weight is 288 g/mol. The van der Waals surface area contributed by atoms with Crippen molar-refractivity contribution in [3.05, 3.63) is 58.9 Å². The molecule has 0 bridgehead atoms. The van der Waals surface area contributed by atoms with E-state index in [1.807, 2.05) is 0 Å². The molecule has 0 aliphatic carbocycles. The number of amides is 1. The zero-order valence-electron chi connectivity index (χ0n) is 11.2. The topological polar surface area (TPSA) is 92.4 Å². The Kier molecular flexibility index (Phi) is 3.89. The molecule has 0 spiro atoms. The lowest BCUT2D eigenvalue weighted by Gasteiger charge is -2.12. The predicted octanol–water partition coefficient (Wildman–Crippen LogP) is 2.67. The van der Waals surface area contributed by atoms with E-state index in [0.29, 0.717) is 11.3 Å². The quantitative estimate of drug-likeness (QED) is 0.806. The number of halogens is 1. The van der Waals surface area contributed by atoms with Crippen LogP contribution in [0.2, 0.25) is 0 Å². The molecule has 0 unspecified atom stereocenters. The minimum atomic E-state index is -1.03. The first kappa shape index (κ1) is 14.5. The van der Waals surface area contributed by atoms with E-state index in [4.69, 9.17) is 10.8 Å². The summed E-state index contributed by atoms with van der Waals surface area (Å²) in [5.74, 6) is -2.62. The molecule has 2 aromatic carbocycles. The summed E-state index contributed by atoms with van der Waals surface area (Å²) in [6, 6.07) is 8.67. The van der Waals surface area contributed by atoms with Crippen LogP contribution >= 0.6 is 0 Å². The molecular formula is C15H13FN2O3. The van der Waals surface area contributed by atoms with Crippen LogP contribution in [0.4, 0.5) is 15.8 Å². The van der Waals surface area contributed by atoms with Crippen LogP contribution in [-0.4, -0.2) is 17.0 Å². The summed E-state index contributed by atoms with van der Waals surface area (Å²) in [5, 5.41) is 11.8. The minimum absolute atomic E-state index is 0.176. The molecule has 2 aromatic rings. The lowest BCUT2D eigenvalue weighted by molar-refractivity contribution is 0.0696. The van der Waals surface area contributed by atoms with Gasteiger partial charge in [-0.3, -0.25) is 4.79 Å². The molecule has 0 saturated heterocycles. The second kappa shape index (κ2) is 5.62. The van der Waals surface area contributed by atoms with Gasteiger partial charge in [0.2, 0.25) is 0 Å². The van der Waals surface area contributed by atoms with Gasteiger partial charge in [0.05, 0.1) is 16.8 Å². The smallest absolute Gasteiger partial charge is 0.335 e. The van der Waals surface area contributed by atoms with E-state index >= 15 is 0 Å². The van der Waals surface area contributed by atoms with Gasteiger partial charge in [0.1, 0.15) is 5.82 Å². The van der Waals surface area contributed by atoms with Crippen LogP contribution in [0.3, 0.4) is 0 Å². The van der Waals surface area contributed by atoms with Gasteiger partial charge < -0.3 is 16.2 Å². The first-order valence-corrected chi connectivity index (χ1v) is 6.09. The van der Waals surface area contributed by atoms with Crippen molar-refractivity contribution < 1.29 is 19.1 Å². The monoisotopic (exact) mass is 288 g/mol. The Bertz CT molecular complexity index is 729. The van der Waals surface area contributed by atoms with Crippen LogP contribution in [0.5, 0.6) is 0 Å². The van der Waals surface area contributed by atoms with Gasteiger partial charge in [-0.05, 0) is 42.8 Å². The normalized spacial score (nSPS) is 10.2. The fraction of sp³-hybridized carbons (Fsp3) is 0.0667. The highest BCUT2D eigenvalue weighted by atomic mass is 19.1. The highest BCUT2D eigenvalue weighted by Crippen LogP contribution is 2.24. The van der Waals surface area contributed by atoms with Crippen LogP contribution in [0.15, 0.2) is 36.4 Å². The zero-order chi connectivity index (χ0) is 15.6. The minimum Gasteiger partial charge on any atom is -0.478 e. The number of carboxylic acid groups (broad SMARTS) is 1. The standard InChI is InChI=1S/C15H13FN2O3/c1-8-7-9(5-6-10(8)15(20)21)18-12-4-2-3-11(16)13(12)14(17)19/h2-7,18H,1H3,(H2,17,19)(H,20,21). The molecule has 0 radical (unpaired) electrons. The van der Waals surface area contributed by atoms with Gasteiger partial charge in [0, 0.05) is 5.69 Å². The number of nitrogens with two attached hydrogens (primary N) is 1. The van der Waals surface area contributed by atoms with Crippen LogP contribution in [0.25, 0.3) is 0 Å². The molecule has 0 fully saturated rings. The third-order valence-electron chi connectivity index (χ3n) is 3.00. The van der Waals surface area contributed by atoms with Crippen molar-refractivity contribution in [3.63, 3.8) is 0 Å². The van der Waals surface area contributed by atoms with Gasteiger partial charge in [-0.15, -0.1) is 0 Å². The number of nitrogens with one attached hydrogen (secondary N) is 1. The molecule has 5 nitrogen and oxygen atoms in total. The van der Waals surface area contributed by atoms with Crippen molar-refractivity contribution in [2.24, 2.45) is 5.73 Å². The van der Waals surface area contributed by atoms with E-state index in [1.54, 1.807) is 13.0 Å². The Labute approximate surface area is 120 Å². The molecular weight excluding hydrogens is 275 g/mol. The van der Waals surface area contributed by atoms with Crippen LogP contribution in [-0.2, 0) is 0 Å². The Hall–Kier alpha value is -2.89. The van der Waals surface area contributed by atoms with Crippen molar-refractivity contribution in [2.75, 3.05) is 5.32 Å². The molecule has 2 rings (SSSR count). The molecule has 6 heteroatoms. The lowest BCUT2D eigenvalue weighted by atomic mass is 10.1. The molecule has 21 heavy (non-hydrogen) atoms. The third kappa shape index (κ3) is 3.00. The summed E-state index contributed by atoms with van der Waals surface area (Å²) in [6.07, 6.45) is 0. The predicted molar refractivity (Wildman–Crippen MR) is 76.3 cm³/mol. The average Bonchev–Trinajstić information content (AvgIpc) is 2.37. The van der Waals surface area contributed by atoms with Gasteiger partial charge >= 0.3 is 5.97 Å². The number of carbonyl (C=O) groups is 2. The van der Waals surface area contributed by atoms with E-state index in [2.05, 4.69) is 5.32 Å². The van der Waals surface area contributed by atoms with Crippen LogP contribution in [0.1, 0.15) is 26.3 Å². The first-order valence-electron chi connectivity index (χ1n) is 6.09. The summed E-state index contributed by atoms with van der Waals surface area (Å²) in [6.45, 7) is 1.65. The van der Waals surface area contributed by atoms with E-state index in [0.717, 1.165) is 6.07 Å². The Morgan fingerprint density at radius 2 is 1.95 bits per heavy atom. The molecule has 0 aromatic heterocycles. The number of carbonyl (C=O) groups excluding carboxylic acids is 1. The maximum atomic E-state index is 13.6. The molecule has 0 heterocycles. The summed E-state index contributed by atoms with van der Waals surface area (Å²) in [7, 11) is 0. The highest BCUT2D eigenvalue weighted by Gasteiger charge is 2.14. The molecule has 4 N–H and O–H groups in total. The van der Waals surface area contributed by atoms with Crippen molar-refractivity contribution in [3.8, 4) is 0 Å². The number of hydrogen-bond donors (Lipinski definition) is 3. The van der Waals surface area contributed by atoms with Crippen LogP contribution in [0, 0.1) is 12.7 Å². The highest BCUT2D eigenvalue weighted by molar-refractivity contribution is 5.99. The first-order chi connectivity index (χ1) is 9.90. The fourth-order valence-corrected chi connectivity index (χ4v) is 2.02. The number of aryl methyl sites for hydroxylation is 1. The number of anilines is 2. The number of aromatic carboxylic acids is 1. The summed E-state index contributed by atoms with van der Waals surface area (Å²) < 4.78 is 13.6. The number of primary amides is 1. The fourth-order valence-electron chi connectivity index (χ4n) is 2.02. The van der Waals surface area contributed by atoms with Crippen molar-refractivity contribution in [1.82, 2.24) is 0 Å².